The predicted octanol–water partition coefficient (Wildman–Crippen LogP) is 5.30. The van der Waals surface area contributed by atoms with Gasteiger partial charge in [-0.1, -0.05) is 29.8 Å². The molecular formula is C20H28BrNO. The normalized spacial score (nSPS) is 41.3. The highest BCUT2D eigenvalue weighted by atomic mass is 79.9. The van der Waals surface area contributed by atoms with Crippen LogP contribution in [0.25, 0.3) is 0 Å². The lowest BCUT2D eigenvalue weighted by molar-refractivity contribution is -0.118. The van der Waals surface area contributed by atoms with E-state index in [1.165, 1.54) is 44.1 Å². The van der Waals surface area contributed by atoms with Gasteiger partial charge >= 0.3 is 0 Å². The summed E-state index contributed by atoms with van der Waals surface area (Å²) in [5.74, 6) is 1.92. The van der Waals surface area contributed by atoms with Crippen LogP contribution in [0.1, 0.15) is 57.9 Å². The lowest BCUT2D eigenvalue weighted by Gasteiger charge is -2.65. The topological polar surface area (TPSA) is 21.3 Å². The zero-order valence-electron chi connectivity index (χ0n) is 14.5. The summed E-state index contributed by atoms with van der Waals surface area (Å²) in [5.41, 5.74) is 2.72. The number of halogens is 1. The molecule has 4 aliphatic carbocycles. The number of hydrogen-bond acceptors (Lipinski definition) is 2. The fourth-order valence-corrected chi connectivity index (χ4v) is 7.22. The summed E-state index contributed by atoms with van der Waals surface area (Å²) in [5, 5.41) is 4.00. The van der Waals surface area contributed by atoms with E-state index >= 15 is 0 Å². The summed E-state index contributed by atoms with van der Waals surface area (Å²) in [6.45, 7) is 5.97. The second-order valence-electron chi connectivity index (χ2n) is 9.22. The van der Waals surface area contributed by atoms with Gasteiger partial charge in [0.05, 0.1) is 7.11 Å². The summed E-state index contributed by atoms with van der Waals surface area (Å²) in [7, 11) is 1.76. The van der Waals surface area contributed by atoms with Gasteiger partial charge in [-0.3, -0.25) is 0 Å². The van der Waals surface area contributed by atoms with Crippen molar-refractivity contribution in [2.45, 2.75) is 64.5 Å². The van der Waals surface area contributed by atoms with E-state index in [4.69, 9.17) is 4.74 Å². The maximum absolute atomic E-state index is 5.55. The van der Waals surface area contributed by atoms with Crippen LogP contribution in [-0.2, 0) is 6.54 Å². The third kappa shape index (κ3) is 2.84. The lowest BCUT2D eigenvalue weighted by Crippen LogP contribution is -2.63. The van der Waals surface area contributed by atoms with E-state index < -0.39 is 0 Å². The van der Waals surface area contributed by atoms with Crippen molar-refractivity contribution in [2.75, 3.05) is 7.11 Å². The largest absolute Gasteiger partial charge is 0.496 e. The minimum Gasteiger partial charge on any atom is -0.496 e. The molecule has 0 heterocycles. The molecule has 126 valence electrons. The number of benzene rings is 1. The molecule has 4 aliphatic rings. The Morgan fingerprint density at radius 1 is 1.13 bits per heavy atom. The highest BCUT2D eigenvalue weighted by molar-refractivity contribution is 9.10. The first kappa shape index (κ1) is 16.0. The first-order valence-corrected chi connectivity index (χ1v) is 9.70. The number of hydrogen-bond donors (Lipinski definition) is 1. The average Bonchev–Trinajstić information content (AvgIpc) is 2.41. The van der Waals surface area contributed by atoms with Crippen LogP contribution >= 0.6 is 15.9 Å². The second kappa shape index (κ2) is 5.23. The molecule has 1 aromatic carbocycles. The Hall–Kier alpha value is -0.540. The molecule has 2 nitrogen and oxygen atoms in total. The monoisotopic (exact) mass is 377 g/mol. The molecule has 3 heteroatoms. The van der Waals surface area contributed by atoms with E-state index in [0.717, 1.165) is 22.7 Å². The van der Waals surface area contributed by atoms with Gasteiger partial charge in [0.2, 0.25) is 0 Å². The second-order valence-corrected chi connectivity index (χ2v) is 10.1. The molecule has 0 saturated heterocycles. The van der Waals surface area contributed by atoms with Crippen LogP contribution in [0.5, 0.6) is 5.75 Å². The van der Waals surface area contributed by atoms with Crippen LogP contribution < -0.4 is 10.1 Å². The number of rotatable bonds is 4. The predicted molar refractivity (Wildman–Crippen MR) is 97.7 cm³/mol. The zero-order valence-corrected chi connectivity index (χ0v) is 16.1. The first-order valence-electron chi connectivity index (χ1n) is 8.90. The van der Waals surface area contributed by atoms with Gasteiger partial charge in [-0.2, -0.15) is 0 Å². The molecular weight excluding hydrogens is 350 g/mol. The van der Waals surface area contributed by atoms with E-state index in [2.05, 4.69) is 53.3 Å². The van der Waals surface area contributed by atoms with Crippen LogP contribution in [0.4, 0.5) is 0 Å². The summed E-state index contributed by atoms with van der Waals surface area (Å²) >= 11 is 3.59. The van der Waals surface area contributed by atoms with Crippen molar-refractivity contribution in [3.8, 4) is 5.75 Å². The van der Waals surface area contributed by atoms with E-state index in [1.54, 1.807) is 7.11 Å². The minimum atomic E-state index is 0.343. The lowest BCUT2D eigenvalue weighted by atomic mass is 9.43. The molecule has 4 atom stereocenters. The van der Waals surface area contributed by atoms with Crippen molar-refractivity contribution in [2.24, 2.45) is 16.7 Å². The van der Waals surface area contributed by atoms with Crippen molar-refractivity contribution >= 4 is 15.9 Å². The molecule has 0 spiro atoms. The Balaban J connectivity index is 1.56. The Labute approximate surface area is 148 Å². The fraction of sp³-hybridized carbons (Fsp3) is 0.700. The van der Waals surface area contributed by atoms with Gasteiger partial charge in [-0.25, -0.2) is 0 Å². The smallest absolute Gasteiger partial charge is 0.123 e. The molecule has 4 bridgehead atoms. The molecule has 4 fully saturated rings. The van der Waals surface area contributed by atoms with Crippen LogP contribution in [0.3, 0.4) is 0 Å². The number of nitrogens with one attached hydrogen (secondary N) is 1. The molecule has 4 saturated carbocycles. The zero-order chi connectivity index (χ0) is 16.3. The summed E-state index contributed by atoms with van der Waals surface area (Å²) in [6.07, 6.45) is 8.40. The molecule has 2 unspecified atom stereocenters. The summed E-state index contributed by atoms with van der Waals surface area (Å²) < 4.78 is 6.68. The highest BCUT2D eigenvalue weighted by Gasteiger charge is 2.59. The molecule has 5 rings (SSSR count). The molecule has 0 aliphatic heterocycles. The summed E-state index contributed by atoms with van der Waals surface area (Å²) in [6, 6.07) is 6.30. The highest BCUT2D eigenvalue weighted by Crippen LogP contribution is 2.66. The third-order valence-corrected chi connectivity index (χ3v) is 7.02. The molecule has 0 aromatic heterocycles. The SMILES string of the molecule is COc1ccc(Br)cc1CNC12CC3C[C@@](C)(C1)C[C@](C)(C3)C2. The Morgan fingerprint density at radius 3 is 2.43 bits per heavy atom. The van der Waals surface area contributed by atoms with Crippen molar-refractivity contribution in [1.29, 1.82) is 0 Å². The Morgan fingerprint density at radius 2 is 1.83 bits per heavy atom. The van der Waals surface area contributed by atoms with Gasteiger partial charge in [0.25, 0.3) is 0 Å². The van der Waals surface area contributed by atoms with E-state index in [1.807, 2.05) is 0 Å². The van der Waals surface area contributed by atoms with Gasteiger partial charge in [0.1, 0.15) is 5.75 Å². The first-order chi connectivity index (χ1) is 10.8. The maximum atomic E-state index is 5.55. The van der Waals surface area contributed by atoms with Gasteiger partial charge in [-0.05, 0) is 73.5 Å². The third-order valence-electron chi connectivity index (χ3n) is 6.52. The van der Waals surface area contributed by atoms with Crippen LogP contribution in [0.2, 0.25) is 0 Å². The molecule has 0 amide bonds. The minimum absolute atomic E-state index is 0.343. The van der Waals surface area contributed by atoms with Crippen molar-refractivity contribution < 1.29 is 4.74 Å². The Kier molecular flexibility index (Phi) is 3.63. The van der Waals surface area contributed by atoms with E-state index in [9.17, 15) is 0 Å². The van der Waals surface area contributed by atoms with Crippen LogP contribution in [-0.4, -0.2) is 12.6 Å². The van der Waals surface area contributed by atoms with E-state index in [-0.39, 0.29) is 0 Å². The van der Waals surface area contributed by atoms with Gasteiger partial charge in [-0.15, -0.1) is 0 Å². The molecule has 1 aromatic rings. The average molecular weight is 378 g/mol. The molecule has 1 N–H and O–H groups in total. The molecule has 23 heavy (non-hydrogen) atoms. The standard InChI is InChI=1S/C20H28BrNO/c1-18-7-14-8-19(2,11-18)13-20(9-14,12-18)22-10-15-6-16(21)4-5-17(15)23-3/h4-6,14,22H,7-13H2,1-3H3/t14?,18-,19+,20?. The number of ether oxygens (including phenoxy) is 1. The van der Waals surface area contributed by atoms with Gasteiger partial charge in [0, 0.05) is 22.1 Å². The maximum Gasteiger partial charge on any atom is 0.123 e. The van der Waals surface area contributed by atoms with Gasteiger partial charge < -0.3 is 10.1 Å². The van der Waals surface area contributed by atoms with Gasteiger partial charge in [0.15, 0.2) is 0 Å². The molecule has 0 radical (unpaired) electrons. The Bertz CT molecular complexity index is 610. The quantitative estimate of drug-likeness (QED) is 0.768. The van der Waals surface area contributed by atoms with Crippen molar-refractivity contribution in [3.63, 3.8) is 0 Å². The van der Waals surface area contributed by atoms with E-state index in [0.29, 0.717) is 16.4 Å². The van der Waals surface area contributed by atoms with Crippen molar-refractivity contribution in [1.82, 2.24) is 5.32 Å². The van der Waals surface area contributed by atoms with Crippen LogP contribution in [0.15, 0.2) is 22.7 Å². The summed E-state index contributed by atoms with van der Waals surface area (Å²) in [4.78, 5) is 0. The van der Waals surface area contributed by atoms with Crippen LogP contribution in [0, 0.1) is 16.7 Å². The number of methoxy groups -OCH3 is 1. The van der Waals surface area contributed by atoms with Crippen molar-refractivity contribution in [3.05, 3.63) is 28.2 Å². The fourth-order valence-electron chi connectivity index (χ4n) is 6.81.